The van der Waals surface area contributed by atoms with E-state index in [0.717, 1.165) is 6.07 Å². The summed E-state index contributed by atoms with van der Waals surface area (Å²) in [5.74, 6) is -0.267. The van der Waals surface area contributed by atoms with Crippen molar-refractivity contribution in [3.63, 3.8) is 0 Å². The molecule has 0 radical (unpaired) electrons. The number of hydrogen-bond donors (Lipinski definition) is 1. The van der Waals surface area contributed by atoms with Gasteiger partial charge in [0.15, 0.2) is 0 Å². The van der Waals surface area contributed by atoms with Crippen molar-refractivity contribution in [2.24, 2.45) is 0 Å². The average Bonchev–Trinajstić information content (AvgIpc) is 3.48. The highest BCUT2D eigenvalue weighted by atomic mass is 19.3. The molecule has 1 aromatic carbocycles. The number of nitrogens with zero attached hydrogens (tertiary/aromatic N) is 3. The lowest BCUT2D eigenvalue weighted by atomic mass is 10.1. The number of halogens is 5. The van der Waals surface area contributed by atoms with E-state index in [4.69, 9.17) is 0 Å². The van der Waals surface area contributed by atoms with Crippen LogP contribution in [0.1, 0.15) is 36.2 Å². The van der Waals surface area contributed by atoms with Gasteiger partial charge in [-0.1, -0.05) is 24.8 Å². The number of aryl methyl sites for hydroxylation is 1. The highest BCUT2D eigenvalue weighted by molar-refractivity contribution is 5.58. The Kier molecular flexibility index (Phi) is 4.99. The van der Waals surface area contributed by atoms with E-state index in [-0.39, 0.29) is 12.1 Å². The monoisotopic (exact) mass is 422 g/mol. The summed E-state index contributed by atoms with van der Waals surface area (Å²) in [6.07, 6.45) is -1.66. The van der Waals surface area contributed by atoms with Crippen LogP contribution in [0.15, 0.2) is 30.5 Å². The summed E-state index contributed by atoms with van der Waals surface area (Å²) < 4.78 is 67.5. The first-order valence-corrected chi connectivity index (χ1v) is 9.37. The molecule has 158 valence electrons. The van der Waals surface area contributed by atoms with Gasteiger partial charge in [-0.3, -0.25) is 0 Å². The Balaban J connectivity index is 1.71. The van der Waals surface area contributed by atoms with Crippen LogP contribution in [0.2, 0.25) is 0 Å². The van der Waals surface area contributed by atoms with Gasteiger partial charge in [0.1, 0.15) is 23.0 Å². The SMILES string of the molecule is C=C1C=c2nc(C)nc(NCc3cccc(C(F)F)c3F)c2=CN1C1(C(F)F)CC1. The largest absolute Gasteiger partial charge is 0.365 e. The molecule has 1 fully saturated rings. The molecule has 0 amide bonds. The summed E-state index contributed by atoms with van der Waals surface area (Å²) >= 11 is 0. The molecule has 0 spiro atoms. The molecule has 9 heteroatoms. The molecule has 0 atom stereocenters. The van der Waals surface area contributed by atoms with Gasteiger partial charge in [-0.2, -0.15) is 0 Å². The van der Waals surface area contributed by atoms with E-state index in [1.54, 1.807) is 13.0 Å². The molecular formula is C21H19F5N4. The third kappa shape index (κ3) is 3.42. The first kappa shape index (κ1) is 20.3. The average molecular weight is 422 g/mol. The van der Waals surface area contributed by atoms with Crippen molar-refractivity contribution in [2.45, 2.75) is 44.7 Å². The van der Waals surface area contributed by atoms with Crippen LogP contribution < -0.4 is 15.9 Å². The lowest BCUT2D eigenvalue weighted by Crippen LogP contribution is -2.46. The summed E-state index contributed by atoms with van der Waals surface area (Å²) in [5, 5.41) is 3.90. The number of benzene rings is 1. The number of hydrogen-bond acceptors (Lipinski definition) is 4. The molecule has 2 aromatic rings. The van der Waals surface area contributed by atoms with Gasteiger partial charge in [-0.05, 0) is 25.8 Å². The molecule has 0 bridgehead atoms. The number of nitrogens with one attached hydrogen (secondary N) is 1. The van der Waals surface area contributed by atoms with E-state index in [1.165, 1.54) is 23.2 Å². The molecule has 1 N–H and O–H groups in total. The maximum Gasteiger partial charge on any atom is 0.266 e. The Bertz CT molecular complexity index is 1120. The Labute approximate surface area is 169 Å². The molecule has 0 unspecified atom stereocenters. The minimum atomic E-state index is -2.93. The van der Waals surface area contributed by atoms with Gasteiger partial charge in [-0.15, -0.1) is 0 Å². The lowest BCUT2D eigenvalue weighted by Gasteiger charge is -2.32. The Morgan fingerprint density at radius 3 is 2.57 bits per heavy atom. The van der Waals surface area contributed by atoms with E-state index >= 15 is 0 Å². The van der Waals surface area contributed by atoms with Crippen LogP contribution >= 0.6 is 0 Å². The maximum absolute atomic E-state index is 14.3. The molecule has 4 nitrogen and oxygen atoms in total. The highest BCUT2D eigenvalue weighted by Crippen LogP contribution is 2.48. The van der Waals surface area contributed by atoms with Crippen molar-refractivity contribution in [3.8, 4) is 0 Å². The predicted octanol–water partition coefficient (Wildman–Crippen LogP) is 3.62. The molecule has 2 heterocycles. The van der Waals surface area contributed by atoms with E-state index in [9.17, 15) is 22.0 Å². The van der Waals surface area contributed by atoms with Crippen molar-refractivity contribution in [2.75, 3.05) is 5.32 Å². The number of alkyl halides is 4. The van der Waals surface area contributed by atoms with E-state index in [2.05, 4.69) is 21.9 Å². The van der Waals surface area contributed by atoms with Crippen LogP contribution in [0.5, 0.6) is 0 Å². The molecule has 4 rings (SSSR count). The zero-order valence-electron chi connectivity index (χ0n) is 16.1. The third-order valence-electron chi connectivity index (χ3n) is 5.40. The fraction of sp³-hybridized carbons (Fsp3) is 0.333. The summed E-state index contributed by atoms with van der Waals surface area (Å²) in [7, 11) is 0. The quantitative estimate of drug-likeness (QED) is 0.723. The summed E-state index contributed by atoms with van der Waals surface area (Å²) in [5.41, 5.74) is -1.51. The number of fused-ring (bicyclic) bond motifs is 1. The minimum absolute atomic E-state index is 0.0464. The molecule has 1 aliphatic carbocycles. The molecular weight excluding hydrogens is 403 g/mol. The molecule has 1 aliphatic heterocycles. The molecule has 1 aromatic heterocycles. The van der Waals surface area contributed by atoms with Crippen LogP contribution in [-0.2, 0) is 6.54 Å². The minimum Gasteiger partial charge on any atom is -0.365 e. The first-order chi connectivity index (χ1) is 14.2. The van der Waals surface area contributed by atoms with Crippen LogP contribution in [0.25, 0.3) is 12.3 Å². The zero-order chi connectivity index (χ0) is 21.6. The second-order valence-electron chi connectivity index (χ2n) is 7.43. The van der Waals surface area contributed by atoms with E-state index in [0.29, 0.717) is 40.7 Å². The van der Waals surface area contributed by atoms with E-state index in [1.807, 2.05) is 0 Å². The standard InChI is InChI=1S/C21H19F5N4/c1-11-8-16-15(10-30(11)21(6-7-21)20(25)26)19(29-12(2)28-16)27-9-13-4-3-5-14(17(13)22)18(23)24/h3-5,8,10,18,20H,1,6-7,9H2,2H3,(H,27,28,29). The van der Waals surface area contributed by atoms with Gasteiger partial charge < -0.3 is 10.2 Å². The summed E-state index contributed by atoms with van der Waals surface area (Å²) in [6.45, 7) is 5.43. The van der Waals surface area contributed by atoms with Gasteiger partial charge in [0.2, 0.25) is 0 Å². The number of allylic oxidation sites excluding steroid dienone is 1. The molecule has 0 saturated heterocycles. The predicted molar refractivity (Wildman–Crippen MR) is 103 cm³/mol. The van der Waals surface area contributed by atoms with E-state index < -0.39 is 29.8 Å². The van der Waals surface area contributed by atoms with Crippen molar-refractivity contribution < 1.29 is 22.0 Å². The second kappa shape index (κ2) is 7.37. The van der Waals surface area contributed by atoms with Crippen LogP contribution in [0.3, 0.4) is 0 Å². The van der Waals surface area contributed by atoms with Gasteiger partial charge >= 0.3 is 0 Å². The lowest BCUT2D eigenvalue weighted by molar-refractivity contribution is 0.0532. The van der Waals surface area contributed by atoms with Crippen LogP contribution in [0, 0.1) is 12.7 Å². The Hall–Kier alpha value is -2.97. The van der Waals surface area contributed by atoms with Crippen LogP contribution in [0.4, 0.5) is 27.8 Å². The molecule has 1 saturated carbocycles. The van der Waals surface area contributed by atoms with Crippen molar-refractivity contribution in [3.05, 3.63) is 63.8 Å². The fourth-order valence-electron chi connectivity index (χ4n) is 3.60. The van der Waals surface area contributed by atoms with Gasteiger partial charge in [0, 0.05) is 24.0 Å². The molecule has 30 heavy (non-hydrogen) atoms. The smallest absolute Gasteiger partial charge is 0.266 e. The fourth-order valence-corrected chi connectivity index (χ4v) is 3.60. The highest BCUT2D eigenvalue weighted by Gasteiger charge is 2.55. The zero-order valence-corrected chi connectivity index (χ0v) is 16.1. The number of aromatic nitrogens is 2. The van der Waals surface area contributed by atoms with Gasteiger partial charge in [-0.25, -0.2) is 31.9 Å². The number of anilines is 1. The van der Waals surface area contributed by atoms with Crippen molar-refractivity contribution >= 4 is 18.1 Å². The maximum atomic E-state index is 14.3. The van der Waals surface area contributed by atoms with Crippen LogP contribution in [-0.4, -0.2) is 26.8 Å². The van der Waals surface area contributed by atoms with Gasteiger partial charge in [0.05, 0.1) is 16.1 Å². The third-order valence-corrected chi connectivity index (χ3v) is 5.40. The Morgan fingerprint density at radius 1 is 1.20 bits per heavy atom. The summed E-state index contributed by atoms with van der Waals surface area (Å²) in [6, 6.07) is 3.79. The second-order valence-corrected chi connectivity index (χ2v) is 7.43. The van der Waals surface area contributed by atoms with Crippen molar-refractivity contribution in [1.82, 2.24) is 14.9 Å². The Morgan fingerprint density at radius 2 is 1.93 bits per heavy atom. The number of rotatable bonds is 6. The van der Waals surface area contributed by atoms with Gasteiger partial charge in [0.25, 0.3) is 12.9 Å². The molecule has 2 aliphatic rings. The summed E-state index contributed by atoms with van der Waals surface area (Å²) in [4.78, 5) is 10.1. The first-order valence-electron chi connectivity index (χ1n) is 9.37. The van der Waals surface area contributed by atoms with Crippen molar-refractivity contribution in [1.29, 1.82) is 0 Å². The normalized spacial score (nSPS) is 16.9. The topological polar surface area (TPSA) is 41.1 Å².